The van der Waals surface area contributed by atoms with E-state index in [1.165, 1.54) is 11.8 Å². The Kier molecular flexibility index (Phi) is 9.06. The third kappa shape index (κ3) is 8.12. The first kappa shape index (κ1) is 29.4. The molecule has 0 aliphatic heterocycles. The van der Waals surface area contributed by atoms with Gasteiger partial charge in [0.15, 0.2) is 0 Å². The van der Waals surface area contributed by atoms with Crippen molar-refractivity contribution >= 4 is 39.1 Å². The number of carbonyl (C=O) groups is 2. The molecule has 2 amide bonds. The molecule has 0 aliphatic rings. The number of sulfonamides is 1. The highest BCUT2D eigenvalue weighted by Gasteiger charge is 2.36. The smallest absolute Gasteiger partial charge is 0.350 e. The number of hydrogen-bond donors (Lipinski definition) is 1. The summed E-state index contributed by atoms with van der Waals surface area (Å²) in [5, 5.41) is 2.17. The van der Waals surface area contributed by atoms with Crippen LogP contribution in [-0.4, -0.2) is 49.5 Å². The lowest BCUT2D eigenvalue weighted by atomic mass is 10.1. The van der Waals surface area contributed by atoms with Gasteiger partial charge in [0.25, 0.3) is 0 Å². The number of amides is 2. The van der Waals surface area contributed by atoms with Gasteiger partial charge in [-0.15, -0.1) is 0 Å². The lowest BCUT2D eigenvalue weighted by molar-refractivity contribution is -0.140. The van der Waals surface area contributed by atoms with Crippen molar-refractivity contribution in [2.75, 3.05) is 17.1 Å². The van der Waals surface area contributed by atoms with Crippen LogP contribution in [-0.2, 0) is 32.3 Å². The summed E-state index contributed by atoms with van der Waals surface area (Å²) >= 11 is 5.67. The molecule has 0 spiro atoms. The molecule has 2 aromatic rings. The van der Waals surface area contributed by atoms with Gasteiger partial charge in [-0.1, -0.05) is 41.9 Å². The Balaban J connectivity index is 2.47. The van der Waals surface area contributed by atoms with Crippen molar-refractivity contribution in [3.63, 3.8) is 0 Å². The molecule has 0 bridgehead atoms. The third-order valence-corrected chi connectivity index (χ3v) is 6.55. The normalized spacial score (nSPS) is 13.1. The topological polar surface area (TPSA) is 86.8 Å². The molecule has 2 rings (SSSR count). The van der Waals surface area contributed by atoms with Gasteiger partial charge in [0.1, 0.15) is 12.6 Å². The number of halogens is 4. The van der Waals surface area contributed by atoms with E-state index in [1.54, 1.807) is 51.1 Å². The minimum Gasteiger partial charge on any atom is -0.350 e. The van der Waals surface area contributed by atoms with Crippen molar-refractivity contribution in [1.29, 1.82) is 0 Å². The Morgan fingerprint density at radius 3 is 2.14 bits per heavy atom. The molecule has 0 saturated carbocycles. The number of benzene rings is 2. The molecule has 0 heterocycles. The first-order chi connectivity index (χ1) is 16.4. The molecule has 1 N–H and O–H groups in total. The first-order valence-corrected chi connectivity index (χ1v) is 13.1. The van der Waals surface area contributed by atoms with Crippen molar-refractivity contribution in [2.24, 2.45) is 0 Å². The summed E-state index contributed by atoms with van der Waals surface area (Å²) < 4.78 is 65.8. The monoisotopic (exact) mass is 547 g/mol. The van der Waals surface area contributed by atoms with Crippen molar-refractivity contribution in [3.05, 3.63) is 64.7 Å². The number of hydrogen-bond acceptors (Lipinski definition) is 4. The molecule has 0 unspecified atom stereocenters. The van der Waals surface area contributed by atoms with Gasteiger partial charge in [0, 0.05) is 12.1 Å². The van der Waals surface area contributed by atoms with E-state index in [0.717, 1.165) is 18.4 Å². The van der Waals surface area contributed by atoms with Gasteiger partial charge in [-0.25, -0.2) is 8.42 Å². The molecule has 2 aromatic carbocycles. The second-order valence-corrected chi connectivity index (χ2v) is 11.7. The standard InChI is InChI=1S/C24H29ClF3N3O4S/c1-16(22(33)29-23(2,3)4)30(14-17-9-7-6-8-10-17)21(32)15-31(36(5,34)35)18-11-12-20(25)19(13-18)24(26,27)28/h6-13,16H,14-15H2,1-5H3,(H,29,33)/t16-/m0/s1. The zero-order chi connectivity index (χ0) is 27.5. The maximum absolute atomic E-state index is 13.4. The number of nitrogens with zero attached hydrogens (tertiary/aromatic N) is 2. The summed E-state index contributed by atoms with van der Waals surface area (Å²) in [6.45, 7) is 5.96. The van der Waals surface area contributed by atoms with Crippen LogP contribution in [0, 0.1) is 0 Å². The molecule has 0 aliphatic carbocycles. The summed E-state index contributed by atoms with van der Waals surface area (Å²) in [6, 6.07) is 10.3. The minimum absolute atomic E-state index is 0.0234. The van der Waals surface area contributed by atoms with E-state index in [2.05, 4.69) is 5.32 Å². The van der Waals surface area contributed by atoms with Crippen LogP contribution in [0.15, 0.2) is 48.5 Å². The van der Waals surface area contributed by atoms with Crippen LogP contribution >= 0.6 is 11.6 Å². The highest BCUT2D eigenvalue weighted by atomic mass is 35.5. The number of carbonyl (C=O) groups excluding carboxylic acids is 2. The Labute approximate surface area is 214 Å². The highest BCUT2D eigenvalue weighted by molar-refractivity contribution is 7.92. The van der Waals surface area contributed by atoms with Crippen LogP contribution in [0.25, 0.3) is 0 Å². The van der Waals surface area contributed by atoms with E-state index in [-0.39, 0.29) is 12.2 Å². The van der Waals surface area contributed by atoms with Gasteiger partial charge in [0.05, 0.1) is 22.5 Å². The highest BCUT2D eigenvalue weighted by Crippen LogP contribution is 2.37. The van der Waals surface area contributed by atoms with E-state index in [4.69, 9.17) is 11.6 Å². The zero-order valence-corrected chi connectivity index (χ0v) is 22.1. The predicted octanol–water partition coefficient (Wildman–Crippen LogP) is 4.46. The summed E-state index contributed by atoms with van der Waals surface area (Å²) in [5.41, 5.74) is -1.53. The quantitative estimate of drug-likeness (QED) is 0.529. The number of anilines is 1. The summed E-state index contributed by atoms with van der Waals surface area (Å²) in [5.74, 6) is -1.24. The van der Waals surface area contributed by atoms with Crippen molar-refractivity contribution in [1.82, 2.24) is 10.2 Å². The van der Waals surface area contributed by atoms with Crippen molar-refractivity contribution in [3.8, 4) is 0 Å². The van der Waals surface area contributed by atoms with E-state index in [0.29, 0.717) is 15.9 Å². The summed E-state index contributed by atoms with van der Waals surface area (Å²) in [4.78, 5) is 27.5. The molecule has 0 aromatic heterocycles. The molecule has 0 fully saturated rings. The third-order valence-electron chi connectivity index (χ3n) is 5.08. The van der Waals surface area contributed by atoms with Crippen molar-refractivity contribution < 1.29 is 31.2 Å². The lowest BCUT2D eigenvalue weighted by Crippen LogP contribution is -2.54. The molecule has 0 radical (unpaired) electrons. The molecule has 7 nitrogen and oxygen atoms in total. The fraction of sp³-hybridized carbons (Fsp3) is 0.417. The predicted molar refractivity (Wildman–Crippen MR) is 133 cm³/mol. The average Bonchev–Trinajstić information content (AvgIpc) is 2.73. The molecule has 1 atom stereocenters. The van der Waals surface area contributed by atoms with E-state index in [9.17, 15) is 31.2 Å². The first-order valence-electron chi connectivity index (χ1n) is 10.9. The van der Waals surface area contributed by atoms with Crippen molar-refractivity contribution in [2.45, 2.75) is 52.0 Å². The second kappa shape index (κ2) is 11.1. The maximum Gasteiger partial charge on any atom is 0.417 e. The van der Waals surface area contributed by atoms with Gasteiger partial charge in [-0.3, -0.25) is 13.9 Å². The molecule has 0 saturated heterocycles. The Morgan fingerprint density at radius 2 is 1.64 bits per heavy atom. The van der Waals surface area contributed by atoms with Gasteiger partial charge in [-0.05, 0) is 51.5 Å². The van der Waals surface area contributed by atoms with Gasteiger partial charge in [0.2, 0.25) is 21.8 Å². The van der Waals surface area contributed by atoms with Crippen LogP contribution in [0.3, 0.4) is 0 Å². The van der Waals surface area contributed by atoms with Gasteiger partial charge >= 0.3 is 6.18 Å². The second-order valence-electron chi connectivity index (χ2n) is 9.35. The molecular weight excluding hydrogens is 519 g/mol. The molecule has 198 valence electrons. The number of nitrogens with one attached hydrogen (secondary N) is 1. The molecular formula is C24H29ClF3N3O4S. The van der Waals surface area contributed by atoms with Gasteiger partial charge < -0.3 is 10.2 Å². The Morgan fingerprint density at radius 1 is 1.06 bits per heavy atom. The van der Waals surface area contributed by atoms with Crippen LogP contribution < -0.4 is 9.62 Å². The minimum atomic E-state index is -4.83. The van der Waals surface area contributed by atoms with Crippen LogP contribution in [0.2, 0.25) is 5.02 Å². The maximum atomic E-state index is 13.4. The molecule has 12 heteroatoms. The number of rotatable bonds is 8. The fourth-order valence-corrected chi connectivity index (χ4v) is 4.40. The SMILES string of the molecule is C[C@@H](C(=O)NC(C)(C)C)N(Cc1ccccc1)C(=O)CN(c1ccc(Cl)c(C(F)(F)F)c1)S(C)(=O)=O. The fourth-order valence-electron chi connectivity index (χ4n) is 3.34. The summed E-state index contributed by atoms with van der Waals surface area (Å²) in [6.07, 6.45) is -4.06. The summed E-state index contributed by atoms with van der Waals surface area (Å²) in [7, 11) is -4.19. The van der Waals surface area contributed by atoms with E-state index in [1.807, 2.05) is 0 Å². The van der Waals surface area contributed by atoms with Crippen LogP contribution in [0.4, 0.5) is 18.9 Å². The Hall–Kier alpha value is -2.79. The number of alkyl halides is 3. The van der Waals surface area contributed by atoms with Crippen LogP contribution in [0.1, 0.15) is 38.8 Å². The largest absolute Gasteiger partial charge is 0.417 e. The van der Waals surface area contributed by atoms with Crippen LogP contribution in [0.5, 0.6) is 0 Å². The van der Waals surface area contributed by atoms with E-state index < -0.39 is 56.7 Å². The zero-order valence-electron chi connectivity index (χ0n) is 20.6. The average molecular weight is 548 g/mol. The Bertz CT molecular complexity index is 1200. The lowest BCUT2D eigenvalue weighted by Gasteiger charge is -2.33. The van der Waals surface area contributed by atoms with E-state index >= 15 is 0 Å². The van der Waals surface area contributed by atoms with Gasteiger partial charge in [-0.2, -0.15) is 13.2 Å². The molecule has 36 heavy (non-hydrogen) atoms.